The predicted molar refractivity (Wildman–Crippen MR) is 141 cm³/mol. The molecule has 0 saturated carbocycles. The molecule has 0 radical (unpaired) electrons. The highest BCUT2D eigenvalue weighted by molar-refractivity contribution is 6.02. The highest BCUT2D eigenvalue weighted by Crippen LogP contribution is 2.32. The molecular weight excluding hydrogens is 466 g/mol. The number of nitrogens with one attached hydrogen (secondary N) is 1. The van der Waals surface area contributed by atoms with Crippen LogP contribution in [0.1, 0.15) is 28.5 Å². The number of para-hydroxylation sites is 2. The lowest BCUT2D eigenvalue weighted by Gasteiger charge is -2.33. The predicted octanol–water partition coefficient (Wildman–Crippen LogP) is 4.73. The van der Waals surface area contributed by atoms with Gasteiger partial charge in [0.05, 0.1) is 18.3 Å². The van der Waals surface area contributed by atoms with Gasteiger partial charge in [0.1, 0.15) is 23.9 Å². The number of carbonyl (C=O) groups is 2. The second kappa shape index (κ2) is 10.5. The van der Waals surface area contributed by atoms with Crippen LogP contribution in [0.4, 0.5) is 5.69 Å². The molecule has 5 aromatic rings. The fraction of sp³-hybridized carbons (Fsp3) is 0.172. The molecule has 0 spiro atoms. The van der Waals surface area contributed by atoms with E-state index in [2.05, 4.69) is 15.6 Å². The first-order valence-corrected chi connectivity index (χ1v) is 12.0. The zero-order valence-corrected chi connectivity index (χ0v) is 20.7. The van der Waals surface area contributed by atoms with Crippen LogP contribution in [0, 0.1) is 13.8 Å². The number of nitrogens with zero attached hydrogens (tertiary/aromatic N) is 4. The summed E-state index contributed by atoms with van der Waals surface area (Å²) < 4.78 is 6.97. The van der Waals surface area contributed by atoms with E-state index in [-0.39, 0.29) is 24.9 Å². The first-order valence-electron chi connectivity index (χ1n) is 12.0. The van der Waals surface area contributed by atoms with Crippen molar-refractivity contribution in [1.29, 1.82) is 0 Å². The van der Waals surface area contributed by atoms with Crippen molar-refractivity contribution in [3.63, 3.8) is 0 Å². The van der Waals surface area contributed by atoms with Crippen molar-refractivity contribution in [2.45, 2.75) is 33.0 Å². The Labute approximate surface area is 214 Å². The minimum absolute atomic E-state index is 0.0807. The van der Waals surface area contributed by atoms with Gasteiger partial charge in [0, 0.05) is 5.69 Å². The van der Waals surface area contributed by atoms with E-state index < -0.39 is 6.04 Å². The lowest BCUT2D eigenvalue weighted by molar-refractivity contribution is -0.127. The topological polar surface area (TPSA) is 93.3 Å². The van der Waals surface area contributed by atoms with Crippen molar-refractivity contribution in [3.05, 3.63) is 114 Å². The Morgan fingerprint density at radius 3 is 2.41 bits per heavy atom. The summed E-state index contributed by atoms with van der Waals surface area (Å²) >= 11 is 0. The molecule has 2 amide bonds. The Morgan fingerprint density at radius 2 is 1.65 bits per heavy atom. The third-order valence-electron chi connectivity index (χ3n) is 6.36. The summed E-state index contributed by atoms with van der Waals surface area (Å²) in [5, 5.41) is 11.4. The lowest BCUT2D eigenvalue weighted by Crippen LogP contribution is -2.45. The van der Waals surface area contributed by atoms with Gasteiger partial charge in [0.2, 0.25) is 11.8 Å². The molecule has 8 heteroatoms. The average molecular weight is 494 g/mol. The molecule has 37 heavy (non-hydrogen) atoms. The molecule has 1 N–H and O–H groups in total. The van der Waals surface area contributed by atoms with Crippen LogP contribution in [-0.4, -0.2) is 26.8 Å². The highest BCUT2D eigenvalue weighted by Gasteiger charge is 2.34. The Morgan fingerprint density at radius 1 is 0.919 bits per heavy atom. The van der Waals surface area contributed by atoms with E-state index in [0.29, 0.717) is 17.0 Å². The van der Waals surface area contributed by atoms with Gasteiger partial charge in [-0.15, -0.1) is 5.10 Å². The molecule has 2 aromatic heterocycles. The standard InChI is InChI=1S/C29H27N5O3/c1-20-10-3-5-13-23(20)28(29(36)30-18-22-12-9-17-37-22)34(25-15-7-4-11-21(25)2)27(35)19-33-26-16-8-6-14-24(26)31-32-33/h3-17,28H,18-19H2,1-2H3,(H,30,36)/t28-/m0/s1. The van der Waals surface area contributed by atoms with Crippen LogP contribution in [0.5, 0.6) is 0 Å². The molecule has 8 nitrogen and oxygen atoms in total. The SMILES string of the molecule is Cc1ccccc1[C@@H](C(=O)NCc1ccco1)N(C(=O)Cn1nnc2ccccc21)c1ccccc1C. The van der Waals surface area contributed by atoms with Crippen molar-refractivity contribution < 1.29 is 14.0 Å². The third kappa shape index (κ3) is 4.99. The van der Waals surface area contributed by atoms with E-state index in [0.717, 1.165) is 22.2 Å². The van der Waals surface area contributed by atoms with Gasteiger partial charge in [-0.2, -0.15) is 0 Å². The summed E-state index contributed by atoms with van der Waals surface area (Å²) in [6.07, 6.45) is 1.56. The van der Waals surface area contributed by atoms with Gasteiger partial charge >= 0.3 is 0 Å². The van der Waals surface area contributed by atoms with Crippen molar-refractivity contribution in [3.8, 4) is 0 Å². The number of anilines is 1. The van der Waals surface area contributed by atoms with Gasteiger partial charge < -0.3 is 9.73 Å². The first-order chi connectivity index (χ1) is 18.0. The van der Waals surface area contributed by atoms with E-state index in [1.54, 1.807) is 28.0 Å². The number of carbonyl (C=O) groups excluding carboxylic acids is 2. The summed E-state index contributed by atoms with van der Waals surface area (Å²) in [5.41, 5.74) is 4.60. The van der Waals surface area contributed by atoms with Crippen LogP contribution >= 0.6 is 0 Å². The molecule has 0 aliphatic carbocycles. The van der Waals surface area contributed by atoms with Gasteiger partial charge in [-0.05, 0) is 60.9 Å². The smallest absolute Gasteiger partial charge is 0.249 e. The maximum absolute atomic E-state index is 14.1. The summed E-state index contributed by atoms with van der Waals surface area (Å²) in [7, 11) is 0. The molecule has 0 bridgehead atoms. The summed E-state index contributed by atoms with van der Waals surface area (Å²) in [6.45, 7) is 3.99. The first kappa shape index (κ1) is 24.0. The zero-order valence-electron chi connectivity index (χ0n) is 20.7. The number of rotatable bonds is 8. The van der Waals surface area contributed by atoms with Gasteiger partial charge in [-0.25, -0.2) is 4.68 Å². The number of furan rings is 1. The van der Waals surface area contributed by atoms with E-state index in [1.165, 1.54) is 0 Å². The Balaban J connectivity index is 1.58. The molecule has 0 aliphatic rings. The summed E-state index contributed by atoms with van der Waals surface area (Å²) in [4.78, 5) is 29.5. The van der Waals surface area contributed by atoms with Crippen LogP contribution in [0.15, 0.2) is 95.6 Å². The van der Waals surface area contributed by atoms with Crippen LogP contribution in [-0.2, 0) is 22.7 Å². The number of aromatic nitrogens is 3. The number of amides is 2. The van der Waals surface area contributed by atoms with Crippen LogP contribution in [0.2, 0.25) is 0 Å². The van der Waals surface area contributed by atoms with E-state index in [4.69, 9.17) is 4.42 Å². The molecule has 5 rings (SSSR count). The molecule has 0 fully saturated rings. The quantitative estimate of drug-likeness (QED) is 0.337. The fourth-order valence-corrected chi connectivity index (χ4v) is 4.46. The van der Waals surface area contributed by atoms with Gasteiger partial charge in [-0.1, -0.05) is 59.8 Å². The number of hydrogen-bond acceptors (Lipinski definition) is 5. The molecule has 0 aliphatic heterocycles. The van der Waals surface area contributed by atoms with Crippen molar-refractivity contribution in [2.75, 3.05) is 4.90 Å². The number of benzene rings is 3. The maximum atomic E-state index is 14.1. The van der Waals surface area contributed by atoms with E-state index in [1.807, 2.05) is 86.6 Å². The highest BCUT2D eigenvalue weighted by atomic mass is 16.3. The largest absolute Gasteiger partial charge is 0.467 e. The molecule has 1 atom stereocenters. The van der Waals surface area contributed by atoms with Crippen molar-refractivity contribution in [1.82, 2.24) is 20.3 Å². The van der Waals surface area contributed by atoms with Crippen LogP contribution in [0.25, 0.3) is 11.0 Å². The van der Waals surface area contributed by atoms with Gasteiger partial charge in [0.25, 0.3) is 0 Å². The van der Waals surface area contributed by atoms with Crippen molar-refractivity contribution in [2.24, 2.45) is 0 Å². The van der Waals surface area contributed by atoms with Crippen LogP contribution in [0.3, 0.4) is 0 Å². The normalized spacial score (nSPS) is 11.8. The second-order valence-corrected chi connectivity index (χ2v) is 8.84. The minimum Gasteiger partial charge on any atom is -0.467 e. The van der Waals surface area contributed by atoms with Crippen LogP contribution < -0.4 is 10.2 Å². The number of aryl methyl sites for hydroxylation is 2. The second-order valence-electron chi connectivity index (χ2n) is 8.84. The average Bonchev–Trinajstić information content (AvgIpc) is 3.57. The monoisotopic (exact) mass is 493 g/mol. The molecule has 3 aromatic carbocycles. The van der Waals surface area contributed by atoms with E-state index >= 15 is 0 Å². The molecular formula is C29H27N5O3. The summed E-state index contributed by atoms with van der Waals surface area (Å²) in [5.74, 6) is 0.0249. The number of fused-ring (bicyclic) bond motifs is 1. The Kier molecular flexibility index (Phi) is 6.81. The zero-order chi connectivity index (χ0) is 25.8. The minimum atomic E-state index is -0.917. The van der Waals surface area contributed by atoms with Gasteiger partial charge in [0.15, 0.2) is 0 Å². The maximum Gasteiger partial charge on any atom is 0.249 e. The third-order valence-corrected chi connectivity index (χ3v) is 6.36. The molecule has 2 heterocycles. The Bertz CT molecular complexity index is 1540. The molecule has 186 valence electrons. The summed E-state index contributed by atoms with van der Waals surface area (Å²) in [6, 6.07) is 25.3. The fourth-order valence-electron chi connectivity index (χ4n) is 4.46. The molecule has 0 unspecified atom stereocenters. The van der Waals surface area contributed by atoms with Crippen molar-refractivity contribution >= 4 is 28.5 Å². The van der Waals surface area contributed by atoms with E-state index in [9.17, 15) is 9.59 Å². The lowest BCUT2D eigenvalue weighted by atomic mass is 9.97. The van der Waals surface area contributed by atoms with Gasteiger partial charge in [-0.3, -0.25) is 14.5 Å². The number of hydrogen-bond donors (Lipinski definition) is 1. The Hall–Kier alpha value is -4.72. The molecule has 0 saturated heterocycles.